The predicted octanol–water partition coefficient (Wildman–Crippen LogP) is 17.6. The first-order valence-electron chi connectivity index (χ1n) is 26.2. The molecule has 11 aromatic carbocycles. The van der Waals surface area contributed by atoms with Crippen LogP contribution in [0.25, 0.3) is 86.6 Å². The number of hydrogen-bond donors (Lipinski definition) is 0. The highest BCUT2D eigenvalue weighted by Gasteiger charge is 2.50. The normalized spacial score (nSPS) is 13.6. The summed E-state index contributed by atoms with van der Waals surface area (Å²) in [7, 11) is 0. The quantitative estimate of drug-likeness (QED) is 0.123. The van der Waals surface area contributed by atoms with Gasteiger partial charge >= 0.3 is 6.71 Å². The van der Waals surface area contributed by atoms with Gasteiger partial charge in [0.25, 0.3) is 0 Å². The van der Waals surface area contributed by atoms with Gasteiger partial charge in [0.15, 0.2) is 0 Å². The maximum atomic E-state index is 7.48. The molecule has 2 aromatic heterocycles. The Morgan fingerprint density at radius 2 is 0.767 bits per heavy atom. The molecular weight excluding hydrogens is 888 g/mol. The molecule has 0 fully saturated rings. The summed E-state index contributed by atoms with van der Waals surface area (Å²) < 4.78 is 14.9. The van der Waals surface area contributed by atoms with Crippen molar-refractivity contribution in [3.63, 3.8) is 0 Å². The molecule has 350 valence electrons. The first-order chi connectivity index (χ1) is 35.6. The molecule has 2 aliphatic heterocycles. The van der Waals surface area contributed by atoms with E-state index >= 15 is 0 Å². The number of benzene rings is 11. The van der Waals surface area contributed by atoms with Gasteiger partial charge in [-0.2, -0.15) is 0 Å². The maximum Gasteiger partial charge on any atom is 0.342 e. The van der Waals surface area contributed by atoms with E-state index in [1.807, 2.05) is 0 Å². The molecule has 5 heteroatoms. The highest BCUT2D eigenvalue weighted by molar-refractivity contribution is 6.99. The summed E-state index contributed by atoms with van der Waals surface area (Å²) in [5, 5.41) is 17.1. The van der Waals surface area contributed by atoms with Gasteiger partial charge in [-0.15, -0.1) is 0 Å². The van der Waals surface area contributed by atoms with Crippen LogP contribution in [0.4, 0.5) is 34.1 Å². The van der Waals surface area contributed by atoms with Crippen LogP contribution in [0, 0.1) is 0 Å². The fourth-order valence-electron chi connectivity index (χ4n) is 12.8. The van der Waals surface area contributed by atoms with E-state index < -0.39 is 0 Å². The van der Waals surface area contributed by atoms with Crippen LogP contribution < -0.4 is 26.6 Å². The number of hydrogen-bond acceptors (Lipinski definition) is 4. The summed E-state index contributed by atoms with van der Waals surface area (Å²) in [5.41, 5.74) is 13.8. The SMILES string of the molecule is CCC(C)(C)c1ccc2oc3c(c2c1)N(c1ccc2c4ccccc4c4ccccc4c2c1)c1cccc2c1B3c1oc3ccc(C(C)(C)CC)cc3c1N2c1cccc2c3ccccc3c3ccccc3c12. The van der Waals surface area contributed by atoms with E-state index in [2.05, 4.69) is 239 Å². The van der Waals surface area contributed by atoms with Crippen molar-refractivity contribution in [1.29, 1.82) is 0 Å². The molecule has 0 aliphatic carbocycles. The molecule has 73 heavy (non-hydrogen) atoms. The molecule has 0 unspecified atom stereocenters. The minimum Gasteiger partial charge on any atom is -0.468 e. The Morgan fingerprint density at radius 3 is 1.27 bits per heavy atom. The third-order valence-corrected chi connectivity index (χ3v) is 17.5. The van der Waals surface area contributed by atoms with Crippen molar-refractivity contribution < 1.29 is 8.83 Å². The molecule has 2 aliphatic rings. The zero-order valence-corrected chi connectivity index (χ0v) is 42.1. The van der Waals surface area contributed by atoms with E-state index in [0.29, 0.717) is 0 Å². The third kappa shape index (κ3) is 5.79. The van der Waals surface area contributed by atoms with Crippen LogP contribution in [0.15, 0.2) is 197 Å². The summed E-state index contributed by atoms with van der Waals surface area (Å²) in [5.74, 6) is 0. The number of anilines is 6. The maximum absolute atomic E-state index is 7.48. The van der Waals surface area contributed by atoms with Crippen molar-refractivity contribution in [1.82, 2.24) is 0 Å². The second-order valence-electron chi connectivity index (χ2n) is 22.0. The van der Waals surface area contributed by atoms with Crippen LogP contribution in [0.1, 0.15) is 65.5 Å². The van der Waals surface area contributed by atoms with Crippen molar-refractivity contribution in [3.05, 3.63) is 199 Å². The number of nitrogens with zero attached hydrogens (tertiary/aromatic N) is 2. The molecule has 0 saturated heterocycles. The fraction of sp³-hybridized carbons (Fsp3) is 0.147. The monoisotopic (exact) mass is 940 g/mol. The van der Waals surface area contributed by atoms with Gasteiger partial charge in [0.1, 0.15) is 22.5 Å². The average Bonchev–Trinajstić information content (AvgIpc) is 4.01. The molecule has 0 N–H and O–H groups in total. The fourth-order valence-corrected chi connectivity index (χ4v) is 12.8. The smallest absolute Gasteiger partial charge is 0.342 e. The molecule has 0 amide bonds. The van der Waals surface area contributed by atoms with E-state index in [9.17, 15) is 0 Å². The van der Waals surface area contributed by atoms with Crippen molar-refractivity contribution in [2.24, 2.45) is 0 Å². The van der Waals surface area contributed by atoms with Gasteiger partial charge in [0.2, 0.25) is 0 Å². The average molecular weight is 941 g/mol. The van der Waals surface area contributed by atoms with Crippen LogP contribution in [-0.4, -0.2) is 6.71 Å². The largest absolute Gasteiger partial charge is 0.468 e. The van der Waals surface area contributed by atoms with E-state index in [-0.39, 0.29) is 17.5 Å². The molecule has 15 rings (SSSR count). The van der Waals surface area contributed by atoms with Gasteiger partial charge in [-0.05, 0) is 154 Å². The highest BCUT2D eigenvalue weighted by atomic mass is 16.3. The van der Waals surface area contributed by atoms with Crippen LogP contribution in [0.5, 0.6) is 0 Å². The lowest BCUT2D eigenvalue weighted by Crippen LogP contribution is -2.60. The Kier molecular flexibility index (Phi) is 8.79. The zero-order chi connectivity index (χ0) is 49.1. The van der Waals surface area contributed by atoms with Gasteiger partial charge in [-0.25, -0.2) is 0 Å². The molecule has 4 nitrogen and oxygen atoms in total. The van der Waals surface area contributed by atoms with Gasteiger partial charge in [-0.1, -0.05) is 175 Å². The van der Waals surface area contributed by atoms with Gasteiger partial charge in [-0.3, -0.25) is 0 Å². The Balaban J connectivity index is 1.09. The molecule has 0 spiro atoms. The highest BCUT2D eigenvalue weighted by Crippen LogP contribution is 2.52. The lowest BCUT2D eigenvalue weighted by Gasteiger charge is -2.41. The van der Waals surface area contributed by atoms with Crippen LogP contribution in [-0.2, 0) is 10.8 Å². The van der Waals surface area contributed by atoms with E-state index in [1.165, 1.54) is 75.8 Å². The van der Waals surface area contributed by atoms with E-state index in [4.69, 9.17) is 8.83 Å². The Morgan fingerprint density at radius 1 is 0.370 bits per heavy atom. The summed E-state index contributed by atoms with van der Waals surface area (Å²) in [4.78, 5) is 5.07. The minimum absolute atomic E-state index is 0.0407. The summed E-state index contributed by atoms with van der Waals surface area (Å²) >= 11 is 0. The van der Waals surface area contributed by atoms with Crippen molar-refractivity contribution in [3.8, 4) is 0 Å². The van der Waals surface area contributed by atoms with Gasteiger partial charge in [0.05, 0.1) is 17.1 Å². The minimum atomic E-state index is -0.341. The second kappa shape index (κ2) is 15.1. The van der Waals surface area contributed by atoms with Crippen molar-refractivity contribution in [2.75, 3.05) is 9.80 Å². The number of fused-ring (bicyclic) bond motifs is 20. The topological polar surface area (TPSA) is 32.8 Å². The molecule has 0 radical (unpaired) electrons. The van der Waals surface area contributed by atoms with Crippen LogP contribution >= 0.6 is 0 Å². The Hall–Kier alpha value is -8.28. The summed E-state index contributed by atoms with van der Waals surface area (Å²) in [6.07, 6.45) is 2.02. The summed E-state index contributed by atoms with van der Waals surface area (Å²) in [6, 6.07) is 70.3. The summed E-state index contributed by atoms with van der Waals surface area (Å²) in [6.45, 7) is 13.6. The van der Waals surface area contributed by atoms with Gasteiger partial charge in [0, 0.05) is 33.2 Å². The Labute approximate surface area is 425 Å². The van der Waals surface area contributed by atoms with Gasteiger partial charge < -0.3 is 18.6 Å². The molecule has 0 saturated carbocycles. The lowest BCUT2D eigenvalue weighted by molar-refractivity contribution is 0.506. The molecular formula is C68H53BN2O2. The van der Waals surface area contributed by atoms with E-state index in [1.54, 1.807) is 0 Å². The lowest BCUT2D eigenvalue weighted by atomic mass is 9.37. The molecule has 0 bridgehead atoms. The van der Waals surface area contributed by atoms with Crippen LogP contribution in [0.2, 0.25) is 0 Å². The first-order valence-corrected chi connectivity index (χ1v) is 26.2. The molecule has 13 aromatic rings. The number of furan rings is 2. The van der Waals surface area contributed by atoms with E-state index in [0.717, 1.165) is 85.7 Å². The number of rotatable bonds is 6. The van der Waals surface area contributed by atoms with Crippen molar-refractivity contribution >= 4 is 144 Å². The standard InChI is InChI=1S/C68H53BN2O2/c1-7-67(3,4)40-31-35-59-54(37-40)63-65(72-59)69-62-57(70(63)42-33-34-50-45-21-10-9-19-43(45)44-20-12-14-25-49(44)53(50)39-42)29-18-30-58(62)71(64-55-38-41(68(5,6)8-2)32-36-60(55)73-66(64)69)56-28-17-27-52-48-23-13-11-22-46(48)47-24-15-16-26-51(47)61(52)56/h9-39H,7-8H2,1-6H3. The zero-order valence-electron chi connectivity index (χ0n) is 42.1. The Bertz CT molecular complexity index is 4440. The first kappa shape index (κ1) is 42.4. The molecule has 0 atom stereocenters. The molecule has 4 heterocycles. The van der Waals surface area contributed by atoms with Crippen LogP contribution in [0.3, 0.4) is 0 Å². The third-order valence-electron chi connectivity index (χ3n) is 17.5. The second-order valence-corrected chi connectivity index (χ2v) is 22.0. The van der Waals surface area contributed by atoms with Crippen molar-refractivity contribution in [2.45, 2.75) is 65.2 Å². The predicted molar refractivity (Wildman–Crippen MR) is 312 cm³/mol.